The van der Waals surface area contributed by atoms with Crippen LogP contribution in [-0.2, 0) is 18.4 Å². The maximum atomic E-state index is 12.7. The van der Waals surface area contributed by atoms with E-state index in [1.54, 1.807) is 24.7 Å². The third-order valence-corrected chi connectivity index (χ3v) is 5.44. The largest absolute Gasteiger partial charge is 0.461 e. The molecule has 1 atom stereocenters. The average Bonchev–Trinajstić information content (AvgIpc) is 3.28. The van der Waals surface area contributed by atoms with E-state index in [9.17, 15) is 4.79 Å². The first kappa shape index (κ1) is 18.2. The van der Waals surface area contributed by atoms with Gasteiger partial charge in [-0.25, -0.2) is 0 Å². The van der Waals surface area contributed by atoms with Crippen LogP contribution in [0.5, 0.6) is 0 Å². The van der Waals surface area contributed by atoms with E-state index >= 15 is 0 Å². The molecule has 0 aliphatic rings. The van der Waals surface area contributed by atoms with Gasteiger partial charge in [-0.15, -0.1) is 10.2 Å². The van der Waals surface area contributed by atoms with Crippen molar-refractivity contribution < 1.29 is 9.21 Å². The highest BCUT2D eigenvalue weighted by Crippen LogP contribution is 2.29. The minimum absolute atomic E-state index is 0.0311. The van der Waals surface area contributed by atoms with Gasteiger partial charge in [-0.05, 0) is 29.7 Å². The number of amides is 1. The first-order chi connectivity index (χ1) is 12.6. The first-order valence-corrected chi connectivity index (χ1v) is 9.20. The van der Waals surface area contributed by atoms with Crippen LogP contribution in [0.1, 0.15) is 19.4 Å². The number of carbonyl (C=O) groups excluding carboxylic acids is 1. The highest BCUT2D eigenvalue weighted by atomic mass is 32.2. The second-order valence-electron chi connectivity index (χ2n) is 6.20. The molecule has 0 saturated carbocycles. The fourth-order valence-electron chi connectivity index (χ4n) is 2.44. The van der Waals surface area contributed by atoms with Gasteiger partial charge in [-0.1, -0.05) is 31.7 Å². The molecule has 0 aromatic carbocycles. The van der Waals surface area contributed by atoms with Gasteiger partial charge < -0.3 is 14.3 Å². The van der Waals surface area contributed by atoms with E-state index in [4.69, 9.17) is 4.42 Å². The minimum Gasteiger partial charge on any atom is -0.461 e. The SMILES string of the molecule is CC(C)[C@H](Sc1nnc(-c2ccco2)n1C)C(=O)NCc1cccnc1. The first-order valence-electron chi connectivity index (χ1n) is 8.32. The van der Waals surface area contributed by atoms with Crippen molar-refractivity contribution in [3.8, 4) is 11.6 Å². The van der Waals surface area contributed by atoms with Crippen LogP contribution in [-0.4, -0.2) is 30.9 Å². The Kier molecular flexibility index (Phi) is 5.72. The molecule has 0 unspecified atom stereocenters. The van der Waals surface area contributed by atoms with E-state index in [0.717, 1.165) is 5.56 Å². The smallest absolute Gasteiger partial charge is 0.234 e. The standard InChI is InChI=1S/C18H21N5O2S/c1-12(2)15(17(24)20-11-13-6-4-8-19-10-13)26-18-22-21-16(23(18)3)14-7-5-9-25-14/h4-10,12,15H,11H2,1-3H3,(H,20,24)/t15-/m0/s1. The molecule has 0 fully saturated rings. The van der Waals surface area contributed by atoms with Crippen LogP contribution in [0.15, 0.2) is 52.5 Å². The zero-order valence-electron chi connectivity index (χ0n) is 14.9. The molecule has 3 aromatic rings. The number of pyridine rings is 1. The molecule has 3 heterocycles. The summed E-state index contributed by atoms with van der Waals surface area (Å²) in [6.45, 7) is 4.49. The molecule has 0 aliphatic heterocycles. The highest BCUT2D eigenvalue weighted by molar-refractivity contribution is 8.00. The van der Waals surface area contributed by atoms with Gasteiger partial charge in [0.25, 0.3) is 0 Å². The maximum Gasteiger partial charge on any atom is 0.234 e. The molecule has 1 N–H and O–H groups in total. The molecular weight excluding hydrogens is 350 g/mol. The lowest BCUT2D eigenvalue weighted by Crippen LogP contribution is -2.35. The molecule has 0 spiro atoms. The molecule has 0 bridgehead atoms. The molecule has 0 radical (unpaired) electrons. The molecule has 0 saturated heterocycles. The molecule has 136 valence electrons. The van der Waals surface area contributed by atoms with Gasteiger partial charge in [-0.3, -0.25) is 9.78 Å². The highest BCUT2D eigenvalue weighted by Gasteiger charge is 2.26. The second-order valence-corrected chi connectivity index (χ2v) is 7.31. The predicted octanol–water partition coefficient (Wildman–Crippen LogP) is 2.90. The van der Waals surface area contributed by atoms with Crippen LogP contribution in [0.4, 0.5) is 0 Å². The van der Waals surface area contributed by atoms with Crippen LogP contribution < -0.4 is 5.32 Å². The molecule has 8 heteroatoms. The summed E-state index contributed by atoms with van der Waals surface area (Å²) in [7, 11) is 1.87. The number of furan rings is 1. The Labute approximate surface area is 156 Å². The predicted molar refractivity (Wildman–Crippen MR) is 99.3 cm³/mol. The van der Waals surface area contributed by atoms with Crippen LogP contribution in [0.3, 0.4) is 0 Å². The monoisotopic (exact) mass is 371 g/mol. The van der Waals surface area contributed by atoms with Gasteiger partial charge in [0.15, 0.2) is 16.7 Å². The summed E-state index contributed by atoms with van der Waals surface area (Å²) >= 11 is 1.40. The van der Waals surface area contributed by atoms with Crippen molar-refractivity contribution in [3.05, 3.63) is 48.5 Å². The Morgan fingerprint density at radius 3 is 2.81 bits per heavy atom. The van der Waals surface area contributed by atoms with Crippen LogP contribution in [0, 0.1) is 5.92 Å². The number of hydrogen-bond donors (Lipinski definition) is 1. The Balaban J connectivity index is 1.70. The lowest BCUT2D eigenvalue weighted by molar-refractivity contribution is -0.121. The normalized spacial score (nSPS) is 12.3. The van der Waals surface area contributed by atoms with Gasteiger partial charge >= 0.3 is 0 Å². The van der Waals surface area contributed by atoms with Crippen molar-refractivity contribution in [2.45, 2.75) is 30.8 Å². The van der Waals surface area contributed by atoms with E-state index in [2.05, 4.69) is 20.5 Å². The molecule has 26 heavy (non-hydrogen) atoms. The Bertz CT molecular complexity index is 846. The van der Waals surface area contributed by atoms with Gasteiger partial charge in [0.1, 0.15) is 0 Å². The minimum atomic E-state index is -0.279. The summed E-state index contributed by atoms with van der Waals surface area (Å²) in [6.07, 6.45) is 5.05. The van der Waals surface area contributed by atoms with Crippen LogP contribution in [0.25, 0.3) is 11.6 Å². The lowest BCUT2D eigenvalue weighted by Gasteiger charge is -2.19. The van der Waals surface area contributed by atoms with Gasteiger partial charge in [0.05, 0.1) is 11.5 Å². The number of rotatable bonds is 7. The third-order valence-electron chi connectivity index (χ3n) is 3.86. The summed E-state index contributed by atoms with van der Waals surface area (Å²) in [5.74, 6) is 1.39. The van der Waals surface area contributed by atoms with Crippen LogP contribution >= 0.6 is 11.8 Å². The summed E-state index contributed by atoms with van der Waals surface area (Å²) in [6, 6.07) is 7.42. The van der Waals surface area contributed by atoms with Crippen molar-refractivity contribution in [2.75, 3.05) is 0 Å². The van der Waals surface area contributed by atoms with Gasteiger partial charge in [-0.2, -0.15) is 0 Å². The Morgan fingerprint density at radius 1 is 1.31 bits per heavy atom. The summed E-state index contributed by atoms with van der Waals surface area (Å²) in [5.41, 5.74) is 0.965. The zero-order valence-corrected chi connectivity index (χ0v) is 15.7. The number of nitrogens with one attached hydrogen (secondary N) is 1. The molecule has 7 nitrogen and oxygen atoms in total. The number of hydrogen-bond acceptors (Lipinski definition) is 6. The fourth-order valence-corrected chi connectivity index (χ4v) is 3.46. The molecule has 0 aliphatic carbocycles. The van der Waals surface area contributed by atoms with E-state index < -0.39 is 0 Å². The van der Waals surface area contributed by atoms with Crippen molar-refractivity contribution in [3.63, 3.8) is 0 Å². The lowest BCUT2D eigenvalue weighted by atomic mass is 10.1. The Hall–Kier alpha value is -2.61. The quantitative estimate of drug-likeness (QED) is 0.643. The van der Waals surface area contributed by atoms with E-state index in [1.807, 2.05) is 43.7 Å². The van der Waals surface area contributed by atoms with Gasteiger partial charge in [0, 0.05) is 26.0 Å². The van der Waals surface area contributed by atoms with Crippen LogP contribution in [0.2, 0.25) is 0 Å². The average molecular weight is 371 g/mol. The van der Waals surface area contributed by atoms with E-state index in [0.29, 0.717) is 23.3 Å². The molecule has 3 aromatic heterocycles. The summed E-state index contributed by atoms with van der Waals surface area (Å²) < 4.78 is 7.22. The molecule has 1 amide bonds. The summed E-state index contributed by atoms with van der Waals surface area (Å²) in [5, 5.41) is 11.8. The molecular formula is C18H21N5O2S. The van der Waals surface area contributed by atoms with E-state index in [1.165, 1.54) is 11.8 Å². The number of carbonyl (C=O) groups is 1. The van der Waals surface area contributed by atoms with Crippen molar-refractivity contribution in [1.29, 1.82) is 0 Å². The van der Waals surface area contributed by atoms with Crippen molar-refractivity contribution in [1.82, 2.24) is 25.1 Å². The maximum absolute atomic E-state index is 12.7. The number of aromatic nitrogens is 4. The van der Waals surface area contributed by atoms with Crippen molar-refractivity contribution in [2.24, 2.45) is 13.0 Å². The summed E-state index contributed by atoms with van der Waals surface area (Å²) in [4.78, 5) is 16.7. The van der Waals surface area contributed by atoms with E-state index in [-0.39, 0.29) is 17.1 Å². The zero-order chi connectivity index (χ0) is 18.5. The fraction of sp³-hybridized carbons (Fsp3) is 0.333. The molecule has 3 rings (SSSR count). The second kappa shape index (κ2) is 8.18. The third kappa shape index (κ3) is 4.13. The number of thioether (sulfide) groups is 1. The van der Waals surface area contributed by atoms with Gasteiger partial charge in [0.2, 0.25) is 5.91 Å². The topological polar surface area (TPSA) is 85.8 Å². The Morgan fingerprint density at radius 2 is 2.15 bits per heavy atom. The van der Waals surface area contributed by atoms with Crippen molar-refractivity contribution >= 4 is 17.7 Å². The number of nitrogens with zero attached hydrogens (tertiary/aromatic N) is 4.